The molecule has 0 aliphatic heterocycles. The minimum absolute atomic E-state index is 0.0428. The van der Waals surface area contributed by atoms with Gasteiger partial charge in [0.15, 0.2) is 17.1 Å². The maximum atomic E-state index is 13.4. The molecule has 0 aliphatic rings. The van der Waals surface area contributed by atoms with Crippen molar-refractivity contribution in [1.82, 2.24) is 61.2 Å². The molecule has 30 heteroatoms. The number of rotatable bonds is 43. The molecule has 6 rings (SSSR count). The van der Waals surface area contributed by atoms with E-state index in [2.05, 4.69) is 88.7 Å². The Balaban J connectivity index is 0.000000357. The van der Waals surface area contributed by atoms with Crippen molar-refractivity contribution in [2.75, 3.05) is 82.1 Å². The van der Waals surface area contributed by atoms with Crippen molar-refractivity contribution in [3.05, 3.63) is 89.9 Å². The molecular formula is C83H124N12O18. The fourth-order valence-electron chi connectivity index (χ4n) is 11.8. The first-order valence-corrected chi connectivity index (χ1v) is 38.9. The summed E-state index contributed by atoms with van der Waals surface area (Å²) >= 11 is 0. The Morgan fingerprint density at radius 1 is 0.381 bits per heavy atom. The molecule has 5 atom stereocenters. The fraction of sp³-hybridized carbons (Fsp3) is 0.566. The lowest BCUT2D eigenvalue weighted by Crippen LogP contribution is -2.48. The van der Waals surface area contributed by atoms with E-state index in [4.69, 9.17) is 42.6 Å². The number of nitrogens with one attached hydrogen (secondary N) is 6. The lowest BCUT2D eigenvalue weighted by Gasteiger charge is -2.21. The minimum Gasteiger partial charge on any atom is -0.496 e. The van der Waals surface area contributed by atoms with Gasteiger partial charge in [0, 0.05) is 32.7 Å². The van der Waals surface area contributed by atoms with Crippen molar-refractivity contribution in [3.8, 4) is 68.3 Å². The highest BCUT2D eigenvalue weighted by molar-refractivity contribution is 5.99. The van der Waals surface area contributed by atoms with Gasteiger partial charge in [-0.25, -0.2) is 0 Å². The zero-order chi connectivity index (χ0) is 84.2. The quantitative estimate of drug-likeness (QED) is 0.0153. The number of hydrogen-bond acceptors (Lipinski definition) is 21. The number of carbonyl (C=O) groups is 9. The molecule has 0 spiro atoms. The summed E-state index contributed by atoms with van der Waals surface area (Å²) in [5.74, 6) is 1.14. The van der Waals surface area contributed by atoms with Crippen LogP contribution in [0.15, 0.2) is 72.8 Å². The molecule has 0 fully saturated rings. The largest absolute Gasteiger partial charge is 0.496 e. The topological polar surface area (TPSA) is 362 Å². The zero-order valence-electron chi connectivity index (χ0n) is 70.3. The SMILES string of the molecule is CCOC(=O)CCNC(=O)[C@H](CC(C)C)NC(=O)c1cc(-c2c(OC)cccc2OC)n(C(C)C(C)C)n1.CCOC(=O)CCNC(=O)[C@H](CC(C)C)NC(=O)c1cc(-c2c(OC)cccc2OC)n(CC(C)C)n1.CCOC(=O)CCNC(=O)[C@H](CC(C)C)NC(=O)c1cc(-c2c(OC)cccc2OC)n(CC(C)CC)n1. The summed E-state index contributed by atoms with van der Waals surface area (Å²) in [7, 11) is 9.47. The molecule has 3 aromatic heterocycles. The number of carbonyl (C=O) groups excluding carboxylic acids is 9. The summed E-state index contributed by atoms with van der Waals surface area (Å²) in [5, 5.41) is 30.5. The maximum Gasteiger partial charge on any atom is 0.307 e. The van der Waals surface area contributed by atoms with Gasteiger partial charge in [-0.3, -0.25) is 57.2 Å². The smallest absolute Gasteiger partial charge is 0.307 e. The molecule has 0 bridgehead atoms. The third-order valence-electron chi connectivity index (χ3n) is 17.9. The number of ether oxygens (including phenoxy) is 9. The number of benzene rings is 3. The Hall–Kier alpha value is -10.7. The van der Waals surface area contributed by atoms with Gasteiger partial charge in [-0.15, -0.1) is 0 Å². The average molecular weight is 1580 g/mol. The Bertz CT molecular complexity index is 3980. The molecular weight excluding hydrogens is 1450 g/mol. The lowest BCUT2D eigenvalue weighted by atomic mass is 10.0. The van der Waals surface area contributed by atoms with Crippen molar-refractivity contribution in [3.63, 3.8) is 0 Å². The van der Waals surface area contributed by atoms with Crippen LogP contribution in [0, 0.1) is 35.5 Å². The molecule has 3 heterocycles. The van der Waals surface area contributed by atoms with E-state index < -0.39 is 35.8 Å². The first kappa shape index (κ1) is 94.7. The van der Waals surface area contributed by atoms with Crippen molar-refractivity contribution in [2.45, 2.75) is 193 Å². The van der Waals surface area contributed by atoms with Crippen molar-refractivity contribution >= 4 is 53.4 Å². The molecule has 6 aromatic rings. The Labute approximate surface area is 666 Å². The predicted octanol–water partition coefficient (Wildman–Crippen LogP) is 11.3. The monoisotopic (exact) mass is 1580 g/mol. The van der Waals surface area contributed by atoms with Crippen LogP contribution in [0.2, 0.25) is 0 Å². The summed E-state index contributed by atoms with van der Waals surface area (Å²) < 4.78 is 53.6. The Kier molecular flexibility index (Phi) is 40.5. The van der Waals surface area contributed by atoms with E-state index in [1.165, 1.54) is 0 Å². The number of hydrogen-bond donors (Lipinski definition) is 6. The molecule has 30 nitrogen and oxygen atoms in total. The van der Waals surface area contributed by atoms with E-state index in [1.807, 2.05) is 103 Å². The van der Waals surface area contributed by atoms with Gasteiger partial charge in [-0.2, -0.15) is 15.3 Å². The molecule has 3 aromatic carbocycles. The highest BCUT2D eigenvalue weighted by atomic mass is 16.5. The van der Waals surface area contributed by atoms with Gasteiger partial charge in [-0.05, 0) is 137 Å². The number of amides is 6. The average Bonchev–Trinajstić information content (AvgIpc) is 1.44. The second-order valence-electron chi connectivity index (χ2n) is 29.1. The highest BCUT2D eigenvalue weighted by Gasteiger charge is 2.32. The van der Waals surface area contributed by atoms with E-state index in [0.29, 0.717) is 107 Å². The first-order valence-electron chi connectivity index (χ1n) is 38.9. The third-order valence-corrected chi connectivity index (χ3v) is 17.9. The van der Waals surface area contributed by atoms with Crippen LogP contribution in [0.4, 0.5) is 0 Å². The van der Waals surface area contributed by atoms with Gasteiger partial charge in [-0.1, -0.05) is 108 Å². The van der Waals surface area contributed by atoms with Crippen molar-refractivity contribution < 1.29 is 85.8 Å². The summed E-state index contributed by atoms with van der Waals surface area (Å²) in [6.07, 6.45) is 2.40. The fourth-order valence-corrected chi connectivity index (χ4v) is 11.8. The van der Waals surface area contributed by atoms with E-state index in [0.717, 1.165) is 6.42 Å². The van der Waals surface area contributed by atoms with Gasteiger partial charge in [0.25, 0.3) is 17.7 Å². The maximum absolute atomic E-state index is 13.4. The van der Waals surface area contributed by atoms with E-state index in [-0.39, 0.29) is 147 Å². The van der Waals surface area contributed by atoms with Crippen molar-refractivity contribution in [2.24, 2.45) is 35.5 Å². The molecule has 0 aliphatic carbocycles. The minimum atomic E-state index is -0.790. The van der Waals surface area contributed by atoms with E-state index in [1.54, 1.807) is 95.7 Å². The molecule has 0 radical (unpaired) electrons. The second kappa shape index (κ2) is 48.3. The van der Waals surface area contributed by atoms with Gasteiger partial charge < -0.3 is 74.5 Å². The van der Waals surface area contributed by atoms with Crippen molar-refractivity contribution in [1.29, 1.82) is 0 Å². The second-order valence-corrected chi connectivity index (χ2v) is 29.1. The number of aromatic nitrogens is 6. The van der Waals surface area contributed by atoms with E-state index >= 15 is 0 Å². The molecule has 6 N–H and O–H groups in total. The molecule has 0 saturated heterocycles. The predicted molar refractivity (Wildman–Crippen MR) is 431 cm³/mol. The van der Waals surface area contributed by atoms with Crippen LogP contribution in [0.1, 0.15) is 193 Å². The first-order chi connectivity index (χ1) is 53.8. The standard InChI is InChI=1S/2C28H42N4O6.C27H40N4O6/c1-9-38-25(33)13-14-29-27(34)20(15-17(2)3)30-28(35)21-16-22(32(31-21)19(6)18(4)5)26-23(36-7)11-10-12-24(26)37-8;1-8-19(5)17-32-22(26-23(36-6)11-10-12-24(26)37-7)16-21(31-32)28(35)30-20(15-18(3)4)27(34)29-14-13-25(33)38-9-2;1-8-37-24(32)12-13-28-26(33)19(14-17(2)3)29-27(34)20-15-21(31(30-20)16-18(4)5)25-22(35-6)10-9-11-23(25)36-7/h10-12,16-20H,9,13-15H2,1-8H3,(H,29,34)(H,30,35);10-12,16,18-20H,8-9,13-15,17H2,1-7H3,(H,29,34)(H,30,35);9-11,15,17-19H,8,12-14,16H2,1-7H3,(H,28,33)(H,29,34)/t2*19?,20-;19-/m000/s1. The number of methoxy groups -OCH3 is 6. The zero-order valence-corrected chi connectivity index (χ0v) is 70.3. The van der Waals surface area contributed by atoms with Crippen LogP contribution in [0.5, 0.6) is 34.5 Å². The molecule has 113 heavy (non-hydrogen) atoms. The molecule has 6 amide bonds. The van der Waals surface area contributed by atoms with Crippen LogP contribution in [-0.2, 0) is 56.1 Å². The van der Waals surface area contributed by atoms with Gasteiger partial charge in [0.1, 0.15) is 52.6 Å². The molecule has 624 valence electrons. The lowest BCUT2D eigenvalue weighted by molar-refractivity contribution is -0.144. The normalized spacial score (nSPS) is 12.3. The van der Waals surface area contributed by atoms with Crippen LogP contribution >= 0.6 is 0 Å². The van der Waals surface area contributed by atoms with Gasteiger partial charge >= 0.3 is 17.9 Å². The van der Waals surface area contributed by atoms with Gasteiger partial charge in [0.05, 0.1) is 122 Å². The third kappa shape index (κ3) is 29.4. The van der Waals surface area contributed by atoms with Gasteiger partial charge in [0.2, 0.25) is 17.7 Å². The van der Waals surface area contributed by atoms with Crippen LogP contribution < -0.4 is 60.3 Å². The highest BCUT2D eigenvalue weighted by Crippen LogP contribution is 2.42. The summed E-state index contributed by atoms with van der Waals surface area (Å²) in [6.45, 7) is 33.9. The summed E-state index contributed by atoms with van der Waals surface area (Å²) in [5.41, 5.74) is 4.64. The Morgan fingerprint density at radius 3 is 0.929 bits per heavy atom. The molecule has 0 saturated carbocycles. The summed E-state index contributed by atoms with van der Waals surface area (Å²) in [4.78, 5) is 114. The van der Waals surface area contributed by atoms with Crippen LogP contribution in [-0.4, -0.2) is 183 Å². The van der Waals surface area contributed by atoms with E-state index in [9.17, 15) is 43.2 Å². The Morgan fingerprint density at radius 2 is 0.664 bits per heavy atom. The molecule has 2 unspecified atom stereocenters. The number of esters is 3. The van der Waals surface area contributed by atoms with Crippen LogP contribution in [0.25, 0.3) is 33.8 Å². The van der Waals surface area contributed by atoms with Crippen LogP contribution in [0.3, 0.4) is 0 Å². The summed E-state index contributed by atoms with van der Waals surface area (Å²) in [6, 6.07) is 19.1. The number of nitrogens with zero attached hydrogens (tertiary/aromatic N) is 6.